The summed E-state index contributed by atoms with van der Waals surface area (Å²) in [5.74, 6) is 1.51. The zero-order valence-corrected chi connectivity index (χ0v) is 30.0. The molecule has 0 unspecified atom stereocenters. The van der Waals surface area contributed by atoms with E-state index in [0.29, 0.717) is 49.7 Å². The van der Waals surface area contributed by atoms with Crippen molar-refractivity contribution in [1.29, 1.82) is 0 Å². The fourth-order valence-electron chi connectivity index (χ4n) is 6.39. The molecule has 0 bridgehead atoms. The average molecular weight is 734 g/mol. The second-order valence-electron chi connectivity index (χ2n) is 12.8. The van der Waals surface area contributed by atoms with Gasteiger partial charge < -0.3 is 29.6 Å². The van der Waals surface area contributed by atoms with Gasteiger partial charge in [0.1, 0.15) is 24.2 Å². The van der Waals surface area contributed by atoms with Crippen molar-refractivity contribution in [2.24, 2.45) is 7.05 Å². The maximum atomic E-state index is 13.5. The topological polar surface area (TPSA) is 135 Å². The molecule has 2 fully saturated rings. The van der Waals surface area contributed by atoms with Crippen molar-refractivity contribution in [3.8, 4) is 16.9 Å². The summed E-state index contributed by atoms with van der Waals surface area (Å²) in [5.41, 5.74) is 5.84. The number of rotatable bonds is 9. The van der Waals surface area contributed by atoms with Gasteiger partial charge in [-0.1, -0.05) is 0 Å². The number of ether oxygens (including phenoxy) is 2. The van der Waals surface area contributed by atoms with Crippen LogP contribution in [0.1, 0.15) is 6.92 Å². The average Bonchev–Trinajstić information content (AvgIpc) is 3.50. The number of methoxy groups -OCH3 is 1. The van der Waals surface area contributed by atoms with Crippen LogP contribution in [-0.2, 0) is 16.3 Å². The number of nitrogens with one attached hydrogen (secondary N) is 2. The molecular weight excluding hydrogens is 695 g/mol. The molecule has 0 spiro atoms. The molecule has 2 aliphatic rings. The molecule has 0 radical (unpaired) electrons. The van der Waals surface area contributed by atoms with Gasteiger partial charge in [-0.15, -0.1) is 0 Å². The van der Waals surface area contributed by atoms with Crippen molar-refractivity contribution in [1.82, 2.24) is 34.6 Å². The van der Waals surface area contributed by atoms with E-state index in [-0.39, 0.29) is 5.54 Å². The highest BCUT2D eigenvalue weighted by molar-refractivity contribution is 9.10. The van der Waals surface area contributed by atoms with E-state index in [9.17, 15) is 4.57 Å². The molecule has 0 saturated carbocycles. The SMILES string of the molecule is COc1cc(N2CCN(C3(C)COC3)CC2)c(-c2cnn(C)c2)cc1Nc1ncc(Br)c(Nc2ccc3nccnc3c2P(C)(C)=O)n1. The number of hydrogen-bond donors (Lipinski definition) is 2. The minimum atomic E-state index is -2.77. The molecule has 250 valence electrons. The highest BCUT2D eigenvalue weighted by Crippen LogP contribution is 2.43. The Morgan fingerprint density at radius 2 is 1.77 bits per heavy atom. The van der Waals surface area contributed by atoms with Gasteiger partial charge in [0, 0.05) is 80.9 Å². The number of hydrogen-bond acceptors (Lipinski definition) is 12. The first-order chi connectivity index (χ1) is 23.0. The number of aryl methyl sites for hydroxylation is 1. The van der Waals surface area contributed by atoms with Crippen LogP contribution in [0.25, 0.3) is 22.2 Å². The molecule has 15 heteroatoms. The number of anilines is 5. The van der Waals surface area contributed by atoms with Crippen molar-refractivity contribution in [3.05, 3.63) is 59.7 Å². The third-order valence-corrected chi connectivity index (χ3v) is 11.0. The van der Waals surface area contributed by atoms with Crippen LogP contribution in [0.15, 0.2) is 59.7 Å². The molecule has 2 saturated heterocycles. The molecule has 13 nitrogen and oxygen atoms in total. The van der Waals surface area contributed by atoms with Crippen molar-refractivity contribution >= 4 is 68.2 Å². The van der Waals surface area contributed by atoms with Crippen molar-refractivity contribution in [2.45, 2.75) is 12.5 Å². The van der Waals surface area contributed by atoms with E-state index < -0.39 is 7.14 Å². The Morgan fingerprint density at radius 3 is 2.44 bits per heavy atom. The lowest BCUT2D eigenvalue weighted by Gasteiger charge is -2.50. The first kappa shape index (κ1) is 32.4. The molecule has 3 aromatic heterocycles. The molecular formula is C33H38BrN10O3P. The third-order valence-electron chi connectivity index (χ3n) is 8.94. The number of piperazine rings is 1. The highest BCUT2D eigenvalue weighted by atomic mass is 79.9. The second kappa shape index (κ2) is 12.7. The summed E-state index contributed by atoms with van der Waals surface area (Å²) >= 11 is 3.59. The lowest BCUT2D eigenvalue weighted by Crippen LogP contribution is -2.64. The summed E-state index contributed by atoms with van der Waals surface area (Å²) in [7, 11) is 0.814. The van der Waals surface area contributed by atoms with Crippen LogP contribution in [0.3, 0.4) is 0 Å². The molecule has 48 heavy (non-hydrogen) atoms. The zero-order valence-electron chi connectivity index (χ0n) is 27.6. The number of aromatic nitrogens is 6. The summed E-state index contributed by atoms with van der Waals surface area (Å²) < 4.78 is 27.4. The van der Waals surface area contributed by atoms with Gasteiger partial charge in [-0.05, 0) is 54.4 Å². The normalized spacial score (nSPS) is 16.5. The first-order valence-electron chi connectivity index (χ1n) is 15.7. The van der Waals surface area contributed by atoms with E-state index >= 15 is 0 Å². The predicted octanol–water partition coefficient (Wildman–Crippen LogP) is 5.24. The van der Waals surface area contributed by atoms with Crippen LogP contribution in [-0.4, -0.2) is 100.0 Å². The van der Waals surface area contributed by atoms with Gasteiger partial charge in [0.15, 0.2) is 0 Å². The highest BCUT2D eigenvalue weighted by Gasteiger charge is 2.40. The number of benzene rings is 2. The van der Waals surface area contributed by atoms with Gasteiger partial charge in [-0.2, -0.15) is 10.1 Å². The van der Waals surface area contributed by atoms with Crippen molar-refractivity contribution < 1.29 is 14.0 Å². The smallest absolute Gasteiger partial charge is 0.229 e. The number of halogens is 1. The molecule has 5 heterocycles. The van der Waals surface area contributed by atoms with Crippen LogP contribution < -0.4 is 25.6 Å². The number of nitrogens with zero attached hydrogens (tertiary/aromatic N) is 8. The molecule has 0 aliphatic carbocycles. The fraction of sp³-hybridized carbons (Fsp3) is 0.364. The third kappa shape index (κ3) is 6.25. The van der Waals surface area contributed by atoms with Gasteiger partial charge in [0.2, 0.25) is 5.95 Å². The van der Waals surface area contributed by atoms with Gasteiger partial charge in [-0.3, -0.25) is 19.5 Å². The molecule has 7 rings (SSSR count). The molecule has 2 aromatic carbocycles. The minimum absolute atomic E-state index is 0.124. The van der Waals surface area contributed by atoms with Gasteiger partial charge in [0.05, 0.1) is 58.7 Å². The van der Waals surface area contributed by atoms with E-state index in [1.807, 2.05) is 31.6 Å². The van der Waals surface area contributed by atoms with Crippen LogP contribution >= 0.6 is 23.1 Å². The Bertz CT molecular complexity index is 2040. The summed E-state index contributed by atoms with van der Waals surface area (Å²) in [5, 5.41) is 11.8. The minimum Gasteiger partial charge on any atom is -0.494 e. The fourth-order valence-corrected chi connectivity index (χ4v) is 8.07. The van der Waals surface area contributed by atoms with Gasteiger partial charge in [-0.25, -0.2) is 4.98 Å². The van der Waals surface area contributed by atoms with Crippen LogP contribution in [0.2, 0.25) is 0 Å². The standard InChI is InChI=1S/C33H38BrN10O3P/c1-33(19-47-20-33)44-12-10-43(11-13-44)27-15-28(46-3)26(14-22(27)21-16-38-42(2)18-21)40-32-37-17-23(34)31(41-32)39-25-7-6-24-29(36-9-8-35-24)30(25)48(4,5)45/h6-9,14-18H,10-13,19-20H2,1-5H3,(H2,37,39,40,41). The summed E-state index contributed by atoms with van der Waals surface area (Å²) in [6.07, 6.45) is 8.80. The van der Waals surface area contributed by atoms with E-state index in [1.54, 1.807) is 43.7 Å². The predicted molar refractivity (Wildman–Crippen MR) is 193 cm³/mol. The van der Waals surface area contributed by atoms with Crippen molar-refractivity contribution in [2.75, 3.05) is 75.4 Å². The Kier molecular flexibility index (Phi) is 8.61. The van der Waals surface area contributed by atoms with E-state index in [1.165, 1.54) is 0 Å². The lowest BCUT2D eigenvalue weighted by molar-refractivity contribution is -0.131. The molecule has 0 atom stereocenters. The molecule has 5 aromatic rings. The molecule has 2 aliphatic heterocycles. The Labute approximate surface area is 287 Å². The first-order valence-corrected chi connectivity index (χ1v) is 19.1. The quantitative estimate of drug-likeness (QED) is 0.192. The lowest BCUT2D eigenvalue weighted by atomic mass is 9.96. The van der Waals surface area contributed by atoms with E-state index in [2.05, 4.69) is 75.5 Å². The zero-order chi connectivity index (χ0) is 33.6. The van der Waals surface area contributed by atoms with Gasteiger partial charge in [0.25, 0.3) is 0 Å². The maximum absolute atomic E-state index is 13.5. The largest absolute Gasteiger partial charge is 0.494 e. The Hall–Kier alpha value is -4.10. The monoisotopic (exact) mass is 732 g/mol. The van der Waals surface area contributed by atoms with E-state index in [4.69, 9.17) is 14.5 Å². The summed E-state index contributed by atoms with van der Waals surface area (Å²) in [6.45, 7) is 11.0. The second-order valence-corrected chi connectivity index (χ2v) is 16.8. The Balaban J connectivity index is 1.21. The van der Waals surface area contributed by atoms with Crippen molar-refractivity contribution in [3.63, 3.8) is 0 Å². The Morgan fingerprint density at radius 1 is 1.00 bits per heavy atom. The van der Waals surface area contributed by atoms with E-state index in [0.717, 1.165) is 56.2 Å². The maximum Gasteiger partial charge on any atom is 0.229 e. The molecule has 2 N–H and O–H groups in total. The summed E-state index contributed by atoms with van der Waals surface area (Å²) in [6, 6.07) is 7.86. The van der Waals surface area contributed by atoms with Gasteiger partial charge >= 0.3 is 0 Å². The molecule has 0 amide bonds. The number of fused-ring (bicyclic) bond motifs is 1. The van der Waals surface area contributed by atoms with Crippen LogP contribution in [0.4, 0.5) is 28.8 Å². The van der Waals surface area contributed by atoms with Crippen LogP contribution in [0, 0.1) is 0 Å². The van der Waals surface area contributed by atoms with Crippen LogP contribution in [0.5, 0.6) is 5.75 Å². The summed E-state index contributed by atoms with van der Waals surface area (Å²) in [4.78, 5) is 23.2.